The number of hydrogen-bond acceptors (Lipinski definition) is 5. The SMILES string of the molecule is CC(C)c1ccc(N(C)c2ccc3c(c2)CCCN[C@@H]3CNc2cnccc2C(=O)O)cc1. The first-order valence-corrected chi connectivity index (χ1v) is 11.5. The van der Waals surface area contributed by atoms with E-state index in [0.717, 1.165) is 19.4 Å². The lowest BCUT2D eigenvalue weighted by Gasteiger charge is -2.24. The van der Waals surface area contributed by atoms with Gasteiger partial charge < -0.3 is 20.6 Å². The maximum absolute atomic E-state index is 11.5. The molecular weight excluding hydrogens is 412 g/mol. The van der Waals surface area contributed by atoms with Crippen LogP contribution in [0.25, 0.3) is 0 Å². The Morgan fingerprint density at radius 2 is 1.94 bits per heavy atom. The van der Waals surface area contributed by atoms with Gasteiger partial charge in [0.2, 0.25) is 0 Å². The van der Waals surface area contributed by atoms with E-state index in [1.165, 1.54) is 40.3 Å². The summed E-state index contributed by atoms with van der Waals surface area (Å²) in [6.45, 7) is 5.93. The molecule has 0 saturated carbocycles. The van der Waals surface area contributed by atoms with Crippen LogP contribution in [0, 0.1) is 0 Å². The molecule has 6 nitrogen and oxygen atoms in total. The number of anilines is 3. The molecule has 33 heavy (non-hydrogen) atoms. The van der Waals surface area contributed by atoms with Crippen molar-refractivity contribution in [1.82, 2.24) is 10.3 Å². The number of carbonyl (C=O) groups is 1. The first-order chi connectivity index (χ1) is 15.9. The number of fused-ring (bicyclic) bond motifs is 1. The molecular formula is C27H32N4O2. The number of nitrogens with zero attached hydrogens (tertiary/aromatic N) is 2. The van der Waals surface area contributed by atoms with Crippen molar-refractivity contribution >= 4 is 23.0 Å². The third-order valence-electron chi connectivity index (χ3n) is 6.40. The van der Waals surface area contributed by atoms with Gasteiger partial charge in [0.05, 0.1) is 17.4 Å². The van der Waals surface area contributed by atoms with Gasteiger partial charge in [-0.1, -0.05) is 32.0 Å². The molecule has 1 atom stereocenters. The highest BCUT2D eigenvalue weighted by atomic mass is 16.4. The minimum atomic E-state index is -0.955. The van der Waals surface area contributed by atoms with Gasteiger partial charge >= 0.3 is 5.97 Å². The van der Waals surface area contributed by atoms with Crippen molar-refractivity contribution < 1.29 is 9.90 Å². The van der Waals surface area contributed by atoms with Gasteiger partial charge in [-0.2, -0.15) is 0 Å². The van der Waals surface area contributed by atoms with E-state index in [4.69, 9.17) is 0 Å². The molecule has 3 aromatic rings. The van der Waals surface area contributed by atoms with Gasteiger partial charge in [0.25, 0.3) is 0 Å². The second-order valence-electron chi connectivity index (χ2n) is 8.91. The zero-order valence-corrected chi connectivity index (χ0v) is 19.5. The molecule has 3 N–H and O–H groups in total. The fourth-order valence-electron chi connectivity index (χ4n) is 4.37. The van der Waals surface area contributed by atoms with E-state index >= 15 is 0 Å². The van der Waals surface area contributed by atoms with Crippen molar-refractivity contribution in [2.24, 2.45) is 0 Å². The van der Waals surface area contributed by atoms with Gasteiger partial charge in [-0.3, -0.25) is 4.98 Å². The maximum Gasteiger partial charge on any atom is 0.337 e. The predicted molar refractivity (Wildman–Crippen MR) is 134 cm³/mol. The first-order valence-electron chi connectivity index (χ1n) is 11.5. The monoisotopic (exact) mass is 444 g/mol. The molecule has 0 spiro atoms. The van der Waals surface area contributed by atoms with Crippen molar-refractivity contribution in [2.75, 3.05) is 30.4 Å². The summed E-state index contributed by atoms with van der Waals surface area (Å²) in [7, 11) is 2.11. The number of carboxylic acid groups (broad SMARTS) is 1. The van der Waals surface area contributed by atoms with Crippen LogP contribution in [0.5, 0.6) is 0 Å². The predicted octanol–water partition coefficient (Wildman–Crippen LogP) is 5.36. The van der Waals surface area contributed by atoms with Crippen molar-refractivity contribution in [3.63, 3.8) is 0 Å². The lowest BCUT2D eigenvalue weighted by molar-refractivity contribution is 0.0697. The number of carboxylic acids is 1. The summed E-state index contributed by atoms with van der Waals surface area (Å²) in [5, 5.41) is 16.3. The van der Waals surface area contributed by atoms with Crippen LogP contribution in [0.4, 0.5) is 17.1 Å². The third-order valence-corrected chi connectivity index (χ3v) is 6.40. The van der Waals surface area contributed by atoms with Crippen LogP contribution in [0.3, 0.4) is 0 Å². The van der Waals surface area contributed by atoms with Crippen LogP contribution in [-0.4, -0.2) is 36.2 Å². The van der Waals surface area contributed by atoms with Crippen molar-refractivity contribution in [2.45, 2.75) is 38.6 Å². The molecule has 2 heterocycles. The molecule has 4 rings (SSSR count). The molecule has 2 aromatic carbocycles. The Labute approximate surface area is 195 Å². The number of hydrogen-bond donors (Lipinski definition) is 3. The Morgan fingerprint density at radius 1 is 1.18 bits per heavy atom. The average Bonchev–Trinajstić information content (AvgIpc) is 3.04. The van der Waals surface area contributed by atoms with Crippen LogP contribution in [0.15, 0.2) is 60.9 Å². The number of nitrogens with one attached hydrogen (secondary N) is 2. The zero-order valence-electron chi connectivity index (χ0n) is 19.5. The van der Waals surface area contributed by atoms with Gasteiger partial charge in [-0.15, -0.1) is 0 Å². The van der Waals surface area contributed by atoms with Crippen LogP contribution < -0.4 is 15.5 Å². The second-order valence-corrected chi connectivity index (χ2v) is 8.91. The van der Waals surface area contributed by atoms with Gasteiger partial charge in [0.15, 0.2) is 0 Å². The summed E-state index contributed by atoms with van der Waals surface area (Å²) in [5.74, 6) is -0.434. The zero-order chi connectivity index (χ0) is 23.4. The minimum absolute atomic E-state index is 0.0917. The second kappa shape index (κ2) is 10.0. The van der Waals surface area contributed by atoms with Gasteiger partial charge in [0, 0.05) is 37.2 Å². The molecule has 0 fully saturated rings. The van der Waals surface area contributed by atoms with Crippen LogP contribution in [0.2, 0.25) is 0 Å². The summed E-state index contributed by atoms with van der Waals surface area (Å²) in [6.07, 6.45) is 5.15. The van der Waals surface area contributed by atoms with E-state index in [0.29, 0.717) is 18.2 Å². The summed E-state index contributed by atoms with van der Waals surface area (Å²) in [5.41, 5.74) is 7.04. The largest absolute Gasteiger partial charge is 0.478 e. The van der Waals surface area contributed by atoms with Crippen molar-refractivity contribution in [3.8, 4) is 0 Å². The fourth-order valence-corrected chi connectivity index (χ4v) is 4.37. The highest BCUT2D eigenvalue weighted by molar-refractivity contribution is 5.93. The minimum Gasteiger partial charge on any atom is -0.478 e. The Bertz CT molecular complexity index is 1110. The van der Waals surface area contributed by atoms with E-state index in [1.54, 1.807) is 6.20 Å². The van der Waals surface area contributed by atoms with Crippen molar-refractivity contribution in [1.29, 1.82) is 0 Å². The lowest BCUT2D eigenvalue weighted by Crippen LogP contribution is -2.28. The molecule has 1 aliphatic heterocycles. The number of aromatic nitrogens is 1. The molecule has 0 aliphatic carbocycles. The van der Waals surface area contributed by atoms with E-state index in [2.05, 4.69) is 83.9 Å². The highest BCUT2D eigenvalue weighted by Crippen LogP contribution is 2.31. The van der Waals surface area contributed by atoms with Crippen LogP contribution in [0.1, 0.15) is 59.3 Å². The number of pyridine rings is 1. The Kier molecular flexibility index (Phi) is 6.94. The molecule has 6 heteroatoms. The van der Waals surface area contributed by atoms with Gasteiger partial charge in [-0.05, 0) is 72.3 Å². The molecule has 0 radical (unpaired) electrons. The average molecular weight is 445 g/mol. The standard InChI is InChI=1S/C27H32N4O2/c1-18(2)19-6-8-21(9-7-19)31(3)22-10-11-23-20(15-22)5-4-13-29-26(23)17-30-25-16-28-14-12-24(25)27(32)33/h6-12,14-16,18,26,29-30H,4-5,13,17H2,1-3H3,(H,32,33)/t26-/m1/s1. The highest BCUT2D eigenvalue weighted by Gasteiger charge is 2.20. The van der Waals surface area contributed by atoms with E-state index in [9.17, 15) is 9.90 Å². The molecule has 1 aliphatic rings. The Balaban J connectivity index is 1.54. The topological polar surface area (TPSA) is 77.5 Å². The van der Waals surface area contributed by atoms with Crippen LogP contribution >= 0.6 is 0 Å². The number of benzene rings is 2. The van der Waals surface area contributed by atoms with Gasteiger partial charge in [0.1, 0.15) is 0 Å². The molecule has 0 saturated heterocycles. The maximum atomic E-state index is 11.5. The third kappa shape index (κ3) is 5.17. The molecule has 0 bridgehead atoms. The summed E-state index contributed by atoms with van der Waals surface area (Å²) >= 11 is 0. The van der Waals surface area contributed by atoms with Gasteiger partial charge in [-0.25, -0.2) is 4.79 Å². The van der Waals surface area contributed by atoms with E-state index in [1.807, 2.05) is 0 Å². The Morgan fingerprint density at radius 3 is 2.67 bits per heavy atom. The molecule has 1 aromatic heterocycles. The summed E-state index contributed by atoms with van der Waals surface area (Å²) in [4.78, 5) is 17.8. The smallest absolute Gasteiger partial charge is 0.337 e. The quantitative estimate of drug-likeness (QED) is 0.455. The number of rotatable bonds is 7. The molecule has 0 unspecified atom stereocenters. The van der Waals surface area contributed by atoms with Crippen LogP contribution in [-0.2, 0) is 6.42 Å². The lowest BCUT2D eigenvalue weighted by atomic mass is 9.97. The fraction of sp³-hybridized carbons (Fsp3) is 0.333. The first kappa shape index (κ1) is 22.8. The number of aromatic carboxylic acids is 1. The summed E-state index contributed by atoms with van der Waals surface area (Å²) < 4.78 is 0. The molecule has 172 valence electrons. The Hall–Kier alpha value is -3.38. The normalized spacial score (nSPS) is 15.6. The molecule has 0 amide bonds. The van der Waals surface area contributed by atoms with E-state index < -0.39 is 5.97 Å². The van der Waals surface area contributed by atoms with Crippen molar-refractivity contribution in [3.05, 3.63) is 83.2 Å². The summed E-state index contributed by atoms with van der Waals surface area (Å²) in [6, 6.07) is 17.1. The van der Waals surface area contributed by atoms with E-state index in [-0.39, 0.29) is 11.6 Å². The number of aryl methyl sites for hydroxylation is 1.